The summed E-state index contributed by atoms with van der Waals surface area (Å²) in [7, 11) is 0. The fourth-order valence-corrected chi connectivity index (χ4v) is 1.78. The lowest BCUT2D eigenvalue weighted by Gasteiger charge is -2.16. The Balaban J connectivity index is 2.16. The van der Waals surface area contributed by atoms with Crippen LogP contribution < -0.4 is 0 Å². The summed E-state index contributed by atoms with van der Waals surface area (Å²) in [6.45, 7) is 8.73. The van der Waals surface area contributed by atoms with E-state index in [4.69, 9.17) is 0 Å². The molecule has 0 saturated heterocycles. The summed E-state index contributed by atoms with van der Waals surface area (Å²) in [6.07, 6.45) is 7.12. The molecule has 0 aliphatic heterocycles. The molecule has 0 saturated carbocycles. The van der Waals surface area contributed by atoms with Gasteiger partial charge in [0.05, 0.1) is 0 Å². The molecule has 18 heavy (non-hydrogen) atoms. The first-order valence-electron chi connectivity index (χ1n) is 6.80. The predicted octanol–water partition coefficient (Wildman–Crippen LogP) is 3.50. The van der Waals surface area contributed by atoms with Crippen molar-refractivity contribution in [2.24, 2.45) is 4.99 Å². The van der Waals surface area contributed by atoms with Gasteiger partial charge in [-0.05, 0) is 37.7 Å². The summed E-state index contributed by atoms with van der Waals surface area (Å²) in [4.78, 5) is 6.81. The molecule has 0 heterocycles. The molecule has 0 bridgehead atoms. The van der Waals surface area contributed by atoms with Crippen molar-refractivity contribution in [3.05, 3.63) is 42.0 Å². The fraction of sp³-hybridized carbons (Fsp3) is 0.438. The zero-order valence-electron chi connectivity index (χ0n) is 11.5. The second-order valence-electron chi connectivity index (χ2n) is 4.21. The summed E-state index contributed by atoms with van der Waals surface area (Å²) in [5, 5.41) is 0. The summed E-state index contributed by atoms with van der Waals surface area (Å²) in [5.74, 6) is 0. The fourth-order valence-electron chi connectivity index (χ4n) is 1.78. The van der Waals surface area contributed by atoms with Crippen LogP contribution in [0.4, 0.5) is 0 Å². The Kier molecular flexibility index (Phi) is 7.82. The molecule has 0 spiro atoms. The van der Waals surface area contributed by atoms with Crippen LogP contribution in [0.5, 0.6) is 0 Å². The van der Waals surface area contributed by atoms with Crippen molar-refractivity contribution in [1.82, 2.24) is 4.90 Å². The number of aliphatic imine (C=N–C) groups is 1. The molecule has 0 amide bonds. The molecule has 2 nitrogen and oxygen atoms in total. The largest absolute Gasteiger partial charge is 0.304 e. The summed E-state index contributed by atoms with van der Waals surface area (Å²) in [6, 6.07) is 10.3. The minimum atomic E-state index is 0.912. The molecule has 98 valence electrons. The van der Waals surface area contributed by atoms with Gasteiger partial charge in [0.2, 0.25) is 0 Å². The normalized spacial score (nSPS) is 11.9. The average Bonchev–Trinajstić information content (AvgIpc) is 2.43. The summed E-state index contributed by atoms with van der Waals surface area (Å²) in [5.41, 5.74) is 1.21. The molecule has 2 heteroatoms. The maximum atomic E-state index is 4.39. The van der Waals surface area contributed by atoms with Gasteiger partial charge in [0.15, 0.2) is 0 Å². The second kappa shape index (κ2) is 9.60. The van der Waals surface area contributed by atoms with Crippen LogP contribution in [-0.2, 0) is 0 Å². The maximum Gasteiger partial charge on any atom is 0.0401 e. The Morgan fingerprint density at radius 2 is 1.83 bits per heavy atom. The van der Waals surface area contributed by atoms with Crippen LogP contribution in [0.2, 0.25) is 0 Å². The van der Waals surface area contributed by atoms with Crippen molar-refractivity contribution in [2.45, 2.75) is 20.3 Å². The smallest absolute Gasteiger partial charge is 0.0401 e. The van der Waals surface area contributed by atoms with Crippen molar-refractivity contribution < 1.29 is 0 Å². The van der Waals surface area contributed by atoms with Crippen molar-refractivity contribution >= 4 is 12.3 Å². The Morgan fingerprint density at radius 3 is 2.50 bits per heavy atom. The van der Waals surface area contributed by atoms with E-state index in [2.05, 4.69) is 41.9 Å². The van der Waals surface area contributed by atoms with Gasteiger partial charge in [-0.2, -0.15) is 0 Å². The van der Waals surface area contributed by atoms with Crippen molar-refractivity contribution in [2.75, 3.05) is 26.2 Å². The molecular weight excluding hydrogens is 220 g/mol. The minimum Gasteiger partial charge on any atom is -0.304 e. The standard InChI is InChI=1S/C16H24N2/c1-3-18(4-2)15-9-14-17-13-8-12-16-10-6-5-7-11-16/h5-8,10-13H,3-4,9,14-15H2,1-2H3/b12-8+,17-13?. The van der Waals surface area contributed by atoms with E-state index < -0.39 is 0 Å². The van der Waals surface area contributed by atoms with E-state index in [0.29, 0.717) is 0 Å². The number of rotatable bonds is 8. The zero-order valence-corrected chi connectivity index (χ0v) is 11.5. The predicted molar refractivity (Wildman–Crippen MR) is 81.2 cm³/mol. The van der Waals surface area contributed by atoms with Gasteiger partial charge in [-0.25, -0.2) is 0 Å². The third kappa shape index (κ3) is 6.36. The van der Waals surface area contributed by atoms with Gasteiger partial charge >= 0.3 is 0 Å². The number of nitrogens with zero attached hydrogens (tertiary/aromatic N) is 2. The second-order valence-corrected chi connectivity index (χ2v) is 4.21. The van der Waals surface area contributed by atoms with Crippen LogP contribution in [0.25, 0.3) is 6.08 Å². The molecular formula is C16H24N2. The summed E-state index contributed by atoms with van der Waals surface area (Å²) >= 11 is 0. The first-order chi connectivity index (χ1) is 8.86. The van der Waals surface area contributed by atoms with Gasteiger partial charge in [-0.15, -0.1) is 0 Å². The zero-order chi connectivity index (χ0) is 13.1. The molecule has 0 radical (unpaired) electrons. The van der Waals surface area contributed by atoms with Crippen molar-refractivity contribution in [1.29, 1.82) is 0 Å². The van der Waals surface area contributed by atoms with Gasteiger partial charge < -0.3 is 4.90 Å². The molecule has 1 rings (SSSR count). The molecule has 0 aliphatic rings. The van der Waals surface area contributed by atoms with Gasteiger partial charge in [0.1, 0.15) is 0 Å². The van der Waals surface area contributed by atoms with Crippen molar-refractivity contribution in [3.63, 3.8) is 0 Å². The minimum absolute atomic E-state index is 0.912. The number of allylic oxidation sites excluding steroid dienone is 1. The first kappa shape index (κ1) is 14.7. The maximum absolute atomic E-state index is 4.39. The van der Waals surface area contributed by atoms with E-state index in [-0.39, 0.29) is 0 Å². The van der Waals surface area contributed by atoms with Crippen LogP contribution in [0.15, 0.2) is 41.4 Å². The van der Waals surface area contributed by atoms with Gasteiger partial charge in [-0.1, -0.05) is 50.3 Å². The lowest BCUT2D eigenvalue weighted by molar-refractivity contribution is 0.302. The van der Waals surface area contributed by atoms with Gasteiger partial charge in [0.25, 0.3) is 0 Å². The van der Waals surface area contributed by atoms with Gasteiger partial charge in [0, 0.05) is 12.8 Å². The highest BCUT2D eigenvalue weighted by atomic mass is 15.1. The monoisotopic (exact) mass is 244 g/mol. The van der Waals surface area contributed by atoms with E-state index in [1.807, 2.05) is 30.5 Å². The first-order valence-corrected chi connectivity index (χ1v) is 6.80. The lowest BCUT2D eigenvalue weighted by Crippen LogP contribution is -2.24. The number of benzene rings is 1. The number of hydrogen-bond acceptors (Lipinski definition) is 2. The molecule has 1 aromatic rings. The third-order valence-corrected chi connectivity index (χ3v) is 2.94. The molecule has 0 unspecified atom stereocenters. The molecule has 0 fully saturated rings. The molecule has 0 aliphatic carbocycles. The Bertz CT molecular complexity index is 351. The van der Waals surface area contributed by atoms with E-state index in [9.17, 15) is 0 Å². The quantitative estimate of drug-likeness (QED) is 0.505. The lowest BCUT2D eigenvalue weighted by atomic mass is 10.2. The molecule has 0 N–H and O–H groups in total. The van der Waals surface area contributed by atoms with E-state index in [0.717, 1.165) is 32.6 Å². The topological polar surface area (TPSA) is 15.6 Å². The van der Waals surface area contributed by atoms with Crippen LogP contribution in [0.3, 0.4) is 0 Å². The van der Waals surface area contributed by atoms with Crippen LogP contribution in [0, 0.1) is 0 Å². The highest BCUT2D eigenvalue weighted by molar-refractivity contribution is 5.78. The van der Waals surface area contributed by atoms with Crippen LogP contribution in [-0.4, -0.2) is 37.3 Å². The van der Waals surface area contributed by atoms with E-state index in [1.54, 1.807) is 0 Å². The SMILES string of the molecule is CCN(CC)CCCN=C/C=C/c1ccccc1. The Hall–Kier alpha value is -1.41. The van der Waals surface area contributed by atoms with Crippen LogP contribution >= 0.6 is 0 Å². The van der Waals surface area contributed by atoms with E-state index in [1.165, 1.54) is 5.56 Å². The molecule has 1 aromatic carbocycles. The van der Waals surface area contributed by atoms with E-state index >= 15 is 0 Å². The molecule has 0 aromatic heterocycles. The molecule has 0 atom stereocenters. The summed E-state index contributed by atoms with van der Waals surface area (Å²) < 4.78 is 0. The van der Waals surface area contributed by atoms with Crippen LogP contribution in [0.1, 0.15) is 25.8 Å². The highest BCUT2D eigenvalue weighted by Crippen LogP contribution is 1.99. The Morgan fingerprint density at radius 1 is 1.11 bits per heavy atom. The third-order valence-electron chi connectivity index (χ3n) is 2.94. The number of hydrogen-bond donors (Lipinski definition) is 0. The average molecular weight is 244 g/mol. The Labute approximate surface area is 111 Å². The highest BCUT2D eigenvalue weighted by Gasteiger charge is 1.96. The van der Waals surface area contributed by atoms with Crippen molar-refractivity contribution in [3.8, 4) is 0 Å². The van der Waals surface area contributed by atoms with Gasteiger partial charge in [-0.3, -0.25) is 4.99 Å².